The summed E-state index contributed by atoms with van der Waals surface area (Å²) in [6, 6.07) is 5.71. The molecule has 18 heavy (non-hydrogen) atoms. The molecule has 1 saturated heterocycles. The number of rotatable bonds is 1. The molecule has 100 valence electrons. The molecule has 1 fully saturated rings. The molecule has 2 rings (SSSR count). The number of hydrogen-bond acceptors (Lipinski definition) is 2. The van der Waals surface area contributed by atoms with Crippen molar-refractivity contribution in [3.05, 3.63) is 33.8 Å². The number of hydrogen-bond donors (Lipinski definition) is 0. The molecule has 4 heteroatoms. The lowest BCUT2D eigenvalue weighted by Gasteiger charge is -2.33. The molecule has 2 nitrogen and oxygen atoms in total. The van der Waals surface area contributed by atoms with E-state index >= 15 is 0 Å². The lowest BCUT2D eigenvalue weighted by molar-refractivity contribution is -0.232. The van der Waals surface area contributed by atoms with Crippen LogP contribution in [-0.4, -0.2) is 17.1 Å². The van der Waals surface area contributed by atoms with Crippen LogP contribution in [0.4, 0.5) is 0 Å². The third-order valence-electron chi connectivity index (χ3n) is 3.38. The highest BCUT2D eigenvalue weighted by atomic mass is 35.5. The van der Waals surface area contributed by atoms with E-state index in [4.69, 9.17) is 28.0 Å². The largest absolute Gasteiger partial charge is 0.287 e. The summed E-state index contributed by atoms with van der Waals surface area (Å²) in [5.74, 6) is 0. The molecule has 0 saturated carbocycles. The Hall–Kier alpha value is -0.280. The normalized spacial score (nSPS) is 25.7. The van der Waals surface area contributed by atoms with Gasteiger partial charge >= 0.3 is 0 Å². The minimum Gasteiger partial charge on any atom is -0.287 e. The maximum absolute atomic E-state index is 6.13. The van der Waals surface area contributed by atoms with Gasteiger partial charge in [0.05, 0.1) is 10.0 Å². The number of nitrogens with zero attached hydrogens (tertiary/aromatic N) is 1. The van der Waals surface area contributed by atoms with E-state index in [2.05, 4.69) is 27.7 Å². The van der Waals surface area contributed by atoms with Crippen molar-refractivity contribution < 1.29 is 4.84 Å². The van der Waals surface area contributed by atoms with E-state index < -0.39 is 0 Å². The van der Waals surface area contributed by atoms with Crippen molar-refractivity contribution in [3.8, 4) is 0 Å². The Bertz CT molecular complexity index is 456. The maximum atomic E-state index is 6.13. The second-order valence-electron chi connectivity index (χ2n) is 5.97. The van der Waals surface area contributed by atoms with Crippen molar-refractivity contribution in [2.75, 3.05) is 6.54 Å². The SMILES string of the molecule is CC1(c2ccc(Cl)c(Cl)c2)CCN(C(C)(C)C)O1. The highest BCUT2D eigenvalue weighted by molar-refractivity contribution is 6.42. The van der Waals surface area contributed by atoms with Crippen LogP contribution in [0.15, 0.2) is 18.2 Å². The van der Waals surface area contributed by atoms with Crippen LogP contribution < -0.4 is 0 Å². The van der Waals surface area contributed by atoms with E-state index in [0.29, 0.717) is 10.0 Å². The van der Waals surface area contributed by atoms with Crippen molar-refractivity contribution in [2.24, 2.45) is 0 Å². The molecule has 0 aromatic heterocycles. The third kappa shape index (κ3) is 2.67. The van der Waals surface area contributed by atoms with Gasteiger partial charge in [-0.3, -0.25) is 4.84 Å². The van der Waals surface area contributed by atoms with Crippen molar-refractivity contribution in [1.82, 2.24) is 5.06 Å². The first-order chi connectivity index (χ1) is 8.22. The Balaban J connectivity index is 2.25. The molecular formula is C14H19Cl2NO. The van der Waals surface area contributed by atoms with Gasteiger partial charge in [-0.2, -0.15) is 5.06 Å². The summed E-state index contributed by atoms with van der Waals surface area (Å²) in [4.78, 5) is 6.13. The van der Waals surface area contributed by atoms with E-state index in [1.54, 1.807) is 0 Å². The minimum absolute atomic E-state index is 0.00792. The summed E-state index contributed by atoms with van der Waals surface area (Å²) in [7, 11) is 0. The lowest BCUT2D eigenvalue weighted by atomic mass is 9.93. The fraction of sp³-hybridized carbons (Fsp3) is 0.571. The summed E-state index contributed by atoms with van der Waals surface area (Å²) in [6.07, 6.45) is 0.947. The van der Waals surface area contributed by atoms with Crippen LogP contribution >= 0.6 is 23.2 Å². The summed E-state index contributed by atoms with van der Waals surface area (Å²) >= 11 is 12.0. The molecule has 1 aliphatic heterocycles. The highest BCUT2D eigenvalue weighted by Gasteiger charge is 2.41. The predicted molar refractivity (Wildman–Crippen MR) is 76.0 cm³/mol. The van der Waals surface area contributed by atoms with Crippen LogP contribution in [0, 0.1) is 0 Å². The summed E-state index contributed by atoms with van der Waals surface area (Å²) in [6.45, 7) is 9.45. The second-order valence-corrected chi connectivity index (χ2v) is 6.79. The van der Waals surface area contributed by atoms with Crippen molar-refractivity contribution in [2.45, 2.75) is 45.3 Å². The molecule has 1 unspecified atom stereocenters. The molecule has 0 amide bonds. The van der Waals surface area contributed by atoms with Gasteiger partial charge < -0.3 is 0 Å². The Morgan fingerprint density at radius 2 is 1.89 bits per heavy atom. The number of benzene rings is 1. The monoisotopic (exact) mass is 287 g/mol. The molecule has 1 atom stereocenters. The van der Waals surface area contributed by atoms with E-state index in [1.807, 2.05) is 23.3 Å². The topological polar surface area (TPSA) is 12.5 Å². The Morgan fingerprint density at radius 3 is 2.39 bits per heavy atom. The van der Waals surface area contributed by atoms with Gasteiger partial charge in [-0.05, 0) is 51.8 Å². The molecule has 0 radical (unpaired) electrons. The van der Waals surface area contributed by atoms with Crippen LogP contribution in [0.5, 0.6) is 0 Å². The molecular weight excluding hydrogens is 269 g/mol. The first-order valence-electron chi connectivity index (χ1n) is 6.15. The van der Waals surface area contributed by atoms with Gasteiger partial charge in [-0.1, -0.05) is 29.3 Å². The molecule has 1 aromatic rings. The standard InChI is InChI=1S/C14H19Cl2NO/c1-13(2,3)17-8-7-14(4,18-17)10-5-6-11(15)12(16)9-10/h5-6,9H,7-8H2,1-4H3. The molecule has 0 aliphatic carbocycles. The van der Waals surface area contributed by atoms with Crippen LogP contribution in [-0.2, 0) is 10.4 Å². The van der Waals surface area contributed by atoms with Crippen molar-refractivity contribution >= 4 is 23.2 Å². The van der Waals surface area contributed by atoms with Gasteiger partial charge in [0.15, 0.2) is 0 Å². The van der Waals surface area contributed by atoms with Gasteiger partial charge in [0.2, 0.25) is 0 Å². The lowest BCUT2D eigenvalue weighted by Crippen LogP contribution is -2.39. The minimum atomic E-state index is -0.318. The zero-order valence-corrected chi connectivity index (χ0v) is 12.8. The van der Waals surface area contributed by atoms with Crippen molar-refractivity contribution in [1.29, 1.82) is 0 Å². The Labute approximate surface area is 119 Å². The van der Waals surface area contributed by atoms with Crippen LogP contribution in [0.25, 0.3) is 0 Å². The molecule has 0 bridgehead atoms. The molecule has 1 heterocycles. The predicted octanol–water partition coefficient (Wildman–Crippen LogP) is 4.64. The van der Waals surface area contributed by atoms with Crippen LogP contribution in [0.3, 0.4) is 0 Å². The van der Waals surface area contributed by atoms with Crippen molar-refractivity contribution in [3.63, 3.8) is 0 Å². The first-order valence-corrected chi connectivity index (χ1v) is 6.90. The van der Waals surface area contributed by atoms with Gasteiger partial charge in [0.25, 0.3) is 0 Å². The number of hydroxylamine groups is 2. The number of halogens is 2. The van der Waals surface area contributed by atoms with Gasteiger partial charge in [-0.25, -0.2) is 0 Å². The summed E-state index contributed by atoms with van der Waals surface area (Å²) in [5.41, 5.74) is 0.763. The van der Waals surface area contributed by atoms with Gasteiger partial charge in [0, 0.05) is 12.1 Å². The second kappa shape index (κ2) is 4.68. The molecule has 0 spiro atoms. The average molecular weight is 288 g/mol. The zero-order chi connectivity index (χ0) is 13.6. The zero-order valence-electron chi connectivity index (χ0n) is 11.3. The molecule has 1 aliphatic rings. The Morgan fingerprint density at radius 1 is 1.22 bits per heavy atom. The van der Waals surface area contributed by atoms with E-state index in [1.165, 1.54) is 0 Å². The fourth-order valence-corrected chi connectivity index (χ4v) is 2.44. The molecule has 1 aromatic carbocycles. The first kappa shape index (κ1) is 14.1. The Kier molecular flexibility index (Phi) is 3.67. The average Bonchev–Trinajstić information content (AvgIpc) is 2.66. The summed E-state index contributed by atoms with van der Waals surface area (Å²) < 4.78 is 0. The third-order valence-corrected chi connectivity index (χ3v) is 4.12. The van der Waals surface area contributed by atoms with E-state index in [-0.39, 0.29) is 11.1 Å². The smallest absolute Gasteiger partial charge is 0.113 e. The quantitative estimate of drug-likeness (QED) is 0.746. The summed E-state index contributed by atoms with van der Waals surface area (Å²) in [5, 5.41) is 3.19. The van der Waals surface area contributed by atoms with Crippen LogP contribution in [0.1, 0.15) is 39.7 Å². The van der Waals surface area contributed by atoms with E-state index in [9.17, 15) is 0 Å². The maximum Gasteiger partial charge on any atom is 0.113 e. The van der Waals surface area contributed by atoms with E-state index in [0.717, 1.165) is 18.5 Å². The highest BCUT2D eigenvalue weighted by Crippen LogP contribution is 2.40. The van der Waals surface area contributed by atoms with Crippen LogP contribution in [0.2, 0.25) is 10.0 Å². The fourth-order valence-electron chi connectivity index (χ4n) is 2.14. The van der Waals surface area contributed by atoms with Gasteiger partial charge in [-0.15, -0.1) is 0 Å². The molecule has 0 N–H and O–H groups in total. The van der Waals surface area contributed by atoms with Gasteiger partial charge in [0.1, 0.15) is 5.60 Å².